The molecule has 0 fully saturated rings. The third kappa shape index (κ3) is 1.95. The van der Waals surface area contributed by atoms with Gasteiger partial charge in [0, 0.05) is 6.42 Å². The summed E-state index contributed by atoms with van der Waals surface area (Å²) >= 11 is 17.1. The molecule has 0 aromatic carbocycles. The second-order valence-electron chi connectivity index (χ2n) is 2.57. The van der Waals surface area contributed by atoms with E-state index < -0.39 is 0 Å². The number of pyridine rings is 1. The Kier molecular flexibility index (Phi) is 3.59. The van der Waals surface area contributed by atoms with Crippen molar-refractivity contribution in [2.75, 3.05) is 5.73 Å². The van der Waals surface area contributed by atoms with Crippen molar-refractivity contribution in [1.82, 2.24) is 4.98 Å². The van der Waals surface area contributed by atoms with Gasteiger partial charge in [-0.1, -0.05) is 41.7 Å². The summed E-state index contributed by atoms with van der Waals surface area (Å²) in [6.45, 7) is 1.69. The molecule has 0 radical (unpaired) electrons. The summed E-state index contributed by atoms with van der Waals surface area (Å²) in [5.74, 6) is -0.222. The second-order valence-corrected chi connectivity index (χ2v) is 3.68. The second kappa shape index (κ2) is 4.34. The molecule has 76 valence electrons. The van der Waals surface area contributed by atoms with Crippen molar-refractivity contribution >= 4 is 46.3 Å². The maximum Gasteiger partial charge on any atom is 0.182 e. The number of aromatic nitrogens is 1. The summed E-state index contributed by atoms with van der Waals surface area (Å²) in [7, 11) is 0. The highest BCUT2D eigenvalue weighted by Gasteiger charge is 2.17. The average molecular weight is 254 g/mol. The highest BCUT2D eigenvalue weighted by atomic mass is 35.5. The summed E-state index contributed by atoms with van der Waals surface area (Å²) < 4.78 is 0. The van der Waals surface area contributed by atoms with Crippen LogP contribution in [0.25, 0.3) is 0 Å². The van der Waals surface area contributed by atoms with Crippen LogP contribution in [0.5, 0.6) is 0 Å². The van der Waals surface area contributed by atoms with Crippen LogP contribution < -0.4 is 5.73 Å². The van der Waals surface area contributed by atoms with Crippen LogP contribution >= 0.6 is 34.8 Å². The monoisotopic (exact) mass is 252 g/mol. The van der Waals surface area contributed by atoms with Crippen molar-refractivity contribution in [1.29, 1.82) is 0 Å². The number of hydrogen-bond donors (Lipinski definition) is 1. The van der Waals surface area contributed by atoms with Crippen molar-refractivity contribution in [2.24, 2.45) is 0 Å². The van der Waals surface area contributed by atoms with Crippen LogP contribution in [-0.4, -0.2) is 10.8 Å². The molecule has 1 heterocycles. The number of nitrogens with two attached hydrogens (primary N) is 1. The van der Waals surface area contributed by atoms with Gasteiger partial charge in [0.25, 0.3) is 0 Å². The summed E-state index contributed by atoms with van der Waals surface area (Å²) in [6.07, 6.45) is 0.282. The molecule has 6 heteroatoms. The van der Waals surface area contributed by atoms with Crippen LogP contribution in [0.15, 0.2) is 0 Å². The predicted octanol–water partition coefficient (Wildman–Crippen LogP) is 3.22. The van der Waals surface area contributed by atoms with Crippen molar-refractivity contribution in [3.8, 4) is 0 Å². The topological polar surface area (TPSA) is 56.0 Å². The lowest BCUT2D eigenvalue weighted by atomic mass is 10.2. The first kappa shape index (κ1) is 11.6. The average Bonchev–Trinajstić information content (AvgIpc) is 2.19. The number of carbonyl (C=O) groups excluding carboxylic acids is 1. The van der Waals surface area contributed by atoms with Crippen LogP contribution in [0.3, 0.4) is 0 Å². The number of nitrogens with zero attached hydrogens (tertiary/aromatic N) is 1. The zero-order chi connectivity index (χ0) is 10.9. The van der Waals surface area contributed by atoms with Gasteiger partial charge < -0.3 is 5.73 Å². The highest BCUT2D eigenvalue weighted by molar-refractivity contribution is 6.46. The molecule has 1 rings (SSSR count). The zero-order valence-electron chi connectivity index (χ0n) is 7.27. The van der Waals surface area contributed by atoms with Crippen LogP contribution in [0.4, 0.5) is 5.69 Å². The molecule has 2 N–H and O–H groups in total. The first-order valence-electron chi connectivity index (χ1n) is 3.82. The fourth-order valence-corrected chi connectivity index (χ4v) is 1.50. The summed E-state index contributed by atoms with van der Waals surface area (Å²) in [6, 6.07) is 0. The van der Waals surface area contributed by atoms with Gasteiger partial charge in [-0.25, -0.2) is 4.98 Å². The number of nitrogen functional groups attached to an aromatic ring is 1. The predicted molar refractivity (Wildman–Crippen MR) is 58.3 cm³/mol. The maximum atomic E-state index is 11.3. The maximum absolute atomic E-state index is 11.3. The van der Waals surface area contributed by atoms with Gasteiger partial charge in [-0.2, -0.15) is 0 Å². The van der Waals surface area contributed by atoms with E-state index in [1.807, 2.05) is 0 Å². The van der Waals surface area contributed by atoms with Gasteiger partial charge in [0.15, 0.2) is 10.9 Å². The molecule has 1 aromatic heterocycles. The molecule has 0 saturated heterocycles. The Morgan fingerprint density at radius 1 is 1.36 bits per heavy atom. The molecule has 0 bridgehead atoms. The zero-order valence-corrected chi connectivity index (χ0v) is 9.54. The molecule has 14 heavy (non-hydrogen) atoms. The number of carbonyl (C=O) groups is 1. The summed E-state index contributed by atoms with van der Waals surface area (Å²) in [5.41, 5.74) is 5.69. The molecule has 3 nitrogen and oxygen atoms in total. The molecule has 0 aliphatic heterocycles. The summed E-state index contributed by atoms with van der Waals surface area (Å²) in [4.78, 5) is 15.1. The Morgan fingerprint density at radius 2 is 1.93 bits per heavy atom. The van der Waals surface area contributed by atoms with Crippen molar-refractivity contribution in [3.63, 3.8) is 0 Å². The number of halogens is 3. The van der Waals surface area contributed by atoms with E-state index in [1.165, 1.54) is 0 Å². The number of hydrogen-bond acceptors (Lipinski definition) is 3. The van der Waals surface area contributed by atoms with E-state index in [1.54, 1.807) is 6.92 Å². The molecular weight excluding hydrogens is 246 g/mol. The van der Waals surface area contributed by atoms with Crippen LogP contribution in [0.2, 0.25) is 15.2 Å². The van der Waals surface area contributed by atoms with E-state index in [-0.39, 0.29) is 38.8 Å². The quantitative estimate of drug-likeness (QED) is 0.650. The van der Waals surface area contributed by atoms with Crippen LogP contribution in [0.1, 0.15) is 23.8 Å². The molecular formula is C8H7Cl3N2O. The fraction of sp³-hybridized carbons (Fsp3) is 0.250. The smallest absolute Gasteiger partial charge is 0.182 e. The first-order chi connectivity index (χ1) is 6.49. The standard InChI is InChI=1S/C8H7Cl3N2O/c1-2-3(14)7-4(9)6(12)5(10)8(11)13-7/h2H2,1H3,(H2,12,13). The lowest BCUT2D eigenvalue weighted by Gasteiger charge is -2.06. The Balaban J connectivity index is 3.40. The molecule has 1 aromatic rings. The minimum Gasteiger partial charge on any atom is -0.396 e. The van der Waals surface area contributed by atoms with E-state index in [0.717, 1.165) is 0 Å². The largest absolute Gasteiger partial charge is 0.396 e. The van der Waals surface area contributed by atoms with Crippen molar-refractivity contribution < 1.29 is 4.79 Å². The Bertz CT molecular complexity index is 393. The number of Topliss-reactive ketones (excluding diaryl/α,β-unsaturated/α-hetero) is 1. The van der Waals surface area contributed by atoms with Gasteiger partial charge in [0.2, 0.25) is 0 Å². The molecule has 0 unspecified atom stereocenters. The third-order valence-electron chi connectivity index (χ3n) is 1.66. The minimum atomic E-state index is -0.222. The highest BCUT2D eigenvalue weighted by Crippen LogP contribution is 2.34. The Labute approximate surface area is 96.2 Å². The SMILES string of the molecule is CCC(=O)c1nc(Cl)c(Cl)c(N)c1Cl. The molecule has 0 amide bonds. The lowest BCUT2D eigenvalue weighted by molar-refractivity contribution is 0.0983. The Hall–Kier alpha value is -0.510. The van der Waals surface area contributed by atoms with Gasteiger partial charge >= 0.3 is 0 Å². The third-order valence-corrected chi connectivity index (χ3v) is 2.79. The number of anilines is 1. The van der Waals surface area contributed by atoms with E-state index in [9.17, 15) is 4.79 Å². The van der Waals surface area contributed by atoms with E-state index in [2.05, 4.69) is 4.98 Å². The van der Waals surface area contributed by atoms with Gasteiger partial charge in [-0.3, -0.25) is 4.79 Å². The summed E-state index contributed by atoms with van der Waals surface area (Å²) in [5, 5.41) is 0.126. The van der Waals surface area contributed by atoms with E-state index in [4.69, 9.17) is 40.5 Å². The lowest BCUT2D eigenvalue weighted by Crippen LogP contribution is -2.05. The fourth-order valence-electron chi connectivity index (χ4n) is 0.884. The van der Waals surface area contributed by atoms with E-state index in [0.29, 0.717) is 0 Å². The van der Waals surface area contributed by atoms with E-state index >= 15 is 0 Å². The molecule has 0 saturated carbocycles. The van der Waals surface area contributed by atoms with Crippen LogP contribution in [0, 0.1) is 0 Å². The van der Waals surface area contributed by atoms with Gasteiger partial charge in [0.05, 0.1) is 10.7 Å². The number of rotatable bonds is 2. The minimum absolute atomic E-state index is 0.00892. The molecule has 0 aliphatic rings. The Morgan fingerprint density at radius 3 is 2.43 bits per heavy atom. The molecule has 0 spiro atoms. The first-order valence-corrected chi connectivity index (χ1v) is 4.95. The number of ketones is 1. The van der Waals surface area contributed by atoms with Gasteiger partial charge in [0.1, 0.15) is 10.7 Å². The van der Waals surface area contributed by atoms with Crippen molar-refractivity contribution in [3.05, 3.63) is 20.9 Å². The van der Waals surface area contributed by atoms with Crippen molar-refractivity contribution in [2.45, 2.75) is 13.3 Å². The molecule has 0 atom stereocenters. The normalized spacial score (nSPS) is 10.3. The van der Waals surface area contributed by atoms with Crippen LogP contribution in [-0.2, 0) is 0 Å². The van der Waals surface area contributed by atoms with Gasteiger partial charge in [-0.15, -0.1) is 0 Å². The molecule has 0 aliphatic carbocycles. The van der Waals surface area contributed by atoms with Gasteiger partial charge in [-0.05, 0) is 0 Å².